The third-order valence-electron chi connectivity index (χ3n) is 12.5. The highest BCUT2D eigenvalue weighted by Crippen LogP contribution is 2.42. The van der Waals surface area contributed by atoms with E-state index >= 15 is 0 Å². The zero-order valence-electron chi connectivity index (χ0n) is 38.8. The average Bonchev–Trinajstić information content (AvgIpc) is 3.71. The lowest BCUT2D eigenvalue weighted by Crippen LogP contribution is -2.10. The number of fused-ring (bicyclic) bond motifs is 4. The summed E-state index contributed by atoms with van der Waals surface area (Å²) in [5.41, 5.74) is 19.2. The van der Waals surface area contributed by atoms with Gasteiger partial charge in [-0.3, -0.25) is 0 Å². The van der Waals surface area contributed by atoms with E-state index < -0.39 is 0 Å². The van der Waals surface area contributed by atoms with E-state index in [2.05, 4.69) is 254 Å². The van der Waals surface area contributed by atoms with Crippen molar-refractivity contribution in [1.29, 1.82) is 0 Å². The molecule has 0 aliphatic carbocycles. The first-order valence-corrected chi connectivity index (χ1v) is 23.4. The van der Waals surface area contributed by atoms with Gasteiger partial charge in [-0.05, 0) is 153 Å². The summed E-state index contributed by atoms with van der Waals surface area (Å²) in [4.78, 5) is 2.37. The lowest BCUT2D eigenvalue weighted by molar-refractivity contribution is 1.18. The molecule has 0 unspecified atom stereocenters. The maximum Gasteiger partial charge on any atom is 0.0547 e. The third kappa shape index (κ3) is 8.30. The smallest absolute Gasteiger partial charge is 0.0547 e. The molecule has 11 aromatic rings. The van der Waals surface area contributed by atoms with Gasteiger partial charge in [0.05, 0.1) is 11.0 Å². The van der Waals surface area contributed by atoms with E-state index in [0.717, 1.165) is 28.3 Å². The molecular weight excluding hydrogens is 797 g/mol. The molecule has 11 rings (SSSR count). The van der Waals surface area contributed by atoms with Crippen LogP contribution in [0.1, 0.15) is 38.8 Å². The molecule has 0 aliphatic rings. The highest BCUT2D eigenvalue weighted by Gasteiger charge is 2.18. The number of aromatic nitrogens is 1. The second-order valence-electron chi connectivity index (χ2n) is 16.3. The summed E-state index contributed by atoms with van der Waals surface area (Å²) in [7, 11) is 0. The maximum atomic E-state index is 2.43. The van der Waals surface area contributed by atoms with E-state index in [1.807, 2.05) is 27.7 Å². The van der Waals surface area contributed by atoms with Crippen molar-refractivity contribution in [3.63, 3.8) is 0 Å². The third-order valence-corrected chi connectivity index (χ3v) is 12.5. The van der Waals surface area contributed by atoms with Crippen LogP contribution in [0.4, 0.5) is 17.1 Å². The molecule has 0 saturated heterocycles. The van der Waals surface area contributed by atoms with Crippen molar-refractivity contribution < 1.29 is 0 Å². The molecule has 10 aromatic carbocycles. The molecule has 0 radical (unpaired) electrons. The standard InChI is InChI=1S/C60H44N2.2C2H6/c1-41-15-12-13-24-54(41)55-35-29-49-39-58-57-38-48(30-36-59(57)62(50-21-10-5-11-22-50)60(58)40-56(49)42(55)2)47-20-14-23-53(37-47)61(51-31-25-45(26-32-51)43-16-6-3-7-17-43)52-33-27-46(28-34-52)44-18-8-4-9-19-44;2*1-2/h3-40H,1-2H3;2*1-2H3. The van der Waals surface area contributed by atoms with Crippen LogP contribution in [0.5, 0.6) is 0 Å². The van der Waals surface area contributed by atoms with Crippen molar-refractivity contribution in [3.8, 4) is 50.2 Å². The van der Waals surface area contributed by atoms with E-state index in [4.69, 9.17) is 0 Å². The van der Waals surface area contributed by atoms with Gasteiger partial charge in [0.1, 0.15) is 0 Å². The number of rotatable bonds is 8. The Balaban J connectivity index is 0.00000133. The molecule has 0 fully saturated rings. The monoisotopic (exact) mass is 852 g/mol. The summed E-state index contributed by atoms with van der Waals surface area (Å²) in [5, 5.41) is 5.01. The highest BCUT2D eigenvalue weighted by molar-refractivity contribution is 6.15. The number of hydrogen-bond acceptors (Lipinski definition) is 1. The molecular formula is C64H56N2. The highest BCUT2D eigenvalue weighted by atomic mass is 15.1. The second kappa shape index (κ2) is 19.4. The summed E-state index contributed by atoms with van der Waals surface area (Å²) in [6.45, 7) is 12.5. The minimum Gasteiger partial charge on any atom is -0.310 e. The van der Waals surface area contributed by atoms with Crippen molar-refractivity contribution in [3.05, 3.63) is 242 Å². The van der Waals surface area contributed by atoms with Gasteiger partial charge in [-0.1, -0.05) is 185 Å². The van der Waals surface area contributed by atoms with E-state index in [-0.39, 0.29) is 0 Å². The molecule has 0 atom stereocenters. The Labute approximate surface area is 390 Å². The topological polar surface area (TPSA) is 8.17 Å². The molecule has 1 aromatic heterocycles. The van der Waals surface area contributed by atoms with Crippen molar-refractivity contribution in [2.24, 2.45) is 0 Å². The fourth-order valence-electron chi connectivity index (χ4n) is 9.33. The zero-order chi connectivity index (χ0) is 45.6. The fourth-order valence-corrected chi connectivity index (χ4v) is 9.33. The van der Waals surface area contributed by atoms with Crippen LogP contribution in [0, 0.1) is 13.8 Å². The number of anilines is 3. The van der Waals surface area contributed by atoms with Crippen LogP contribution < -0.4 is 4.90 Å². The van der Waals surface area contributed by atoms with E-state index in [9.17, 15) is 0 Å². The average molecular weight is 853 g/mol. The van der Waals surface area contributed by atoms with Gasteiger partial charge < -0.3 is 9.47 Å². The van der Waals surface area contributed by atoms with Gasteiger partial charge in [-0.2, -0.15) is 0 Å². The van der Waals surface area contributed by atoms with Crippen LogP contribution in [-0.2, 0) is 0 Å². The first kappa shape index (κ1) is 43.3. The van der Waals surface area contributed by atoms with Gasteiger partial charge in [-0.15, -0.1) is 0 Å². The van der Waals surface area contributed by atoms with Gasteiger partial charge in [0.25, 0.3) is 0 Å². The summed E-state index contributed by atoms with van der Waals surface area (Å²) >= 11 is 0. The van der Waals surface area contributed by atoms with Crippen LogP contribution in [0.15, 0.2) is 231 Å². The lowest BCUT2D eigenvalue weighted by atomic mass is 9.92. The second-order valence-corrected chi connectivity index (χ2v) is 16.3. The zero-order valence-corrected chi connectivity index (χ0v) is 38.8. The van der Waals surface area contributed by atoms with E-state index in [0.29, 0.717) is 0 Å². The lowest BCUT2D eigenvalue weighted by Gasteiger charge is -2.26. The molecule has 0 N–H and O–H groups in total. The molecule has 0 saturated carbocycles. The van der Waals surface area contributed by atoms with Crippen molar-refractivity contribution in [2.45, 2.75) is 41.5 Å². The molecule has 0 amide bonds. The summed E-state index contributed by atoms with van der Waals surface area (Å²) in [6, 6.07) is 83.9. The Kier molecular flexibility index (Phi) is 12.8. The van der Waals surface area contributed by atoms with Crippen LogP contribution in [0.2, 0.25) is 0 Å². The molecule has 1 heterocycles. The summed E-state index contributed by atoms with van der Waals surface area (Å²) < 4.78 is 2.43. The Morgan fingerprint density at radius 1 is 0.318 bits per heavy atom. The molecule has 0 aliphatic heterocycles. The van der Waals surface area contributed by atoms with Crippen molar-refractivity contribution in [1.82, 2.24) is 4.57 Å². The minimum atomic E-state index is 1.10. The SMILES string of the molecule is CC.CC.Cc1ccccc1-c1ccc2cc3c4cc(-c5cccc(N(c6ccc(-c7ccccc7)cc6)c6ccc(-c7ccccc7)cc6)c5)ccc4n(-c4ccccc4)c3cc2c1C. The fraction of sp³-hybridized carbons (Fsp3) is 0.0938. The number of para-hydroxylation sites is 1. The van der Waals surface area contributed by atoms with Gasteiger partial charge >= 0.3 is 0 Å². The molecule has 0 spiro atoms. The van der Waals surface area contributed by atoms with Gasteiger partial charge in [0.15, 0.2) is 0 Å². The molecule has 2 nitrogen and oxygen atoms in total. The predicted octanol–water partition coefficient (Wildman–Crippen LogP) is 18.7. The number of benzene rings is 10. The number of aryl methyl sites for hydroxylation is 2. The van der Waals surface area contributed by atoms with Crippen LogP contribution in [0.3, 0.4) is 0 Å². The molecule has 66 heavy (non-hydrogen) atoms. The van der Waals surface area contributed by atoms with Crippen molar-refractivity contribution in [2.75, 3.05) is 4.90 Å². The Bertz CT molecular complexity index is 3300. The Hall–Kier alpha value is -7.94. The van der Waals surface area contributed by atoms with E-state index in [1.54, 1.807) is 0 Å². The van der Waals surface area contributed by atoms with Gasteiger partial charge in [0, 0.05) is 33.5 Å². The normalized spacial score (nSPS) is 10.9. The van der Waals surface area contributed by atoms with Gasteiger partial charge in [-0.25, -0.2) is 0 Å². The largest absolute Gasteiger partial charge is 0.310 e. The minimum absolute atomic E-state index is 1.10. The number of hydrogen-bond donors (Lipinski definition) is 0. The molecule has 2 heteroatoms. The summed E-state index contributed by atoms with van der Waals surface area (Å²) in [5.74, 6) is 0. The number of nitrogens with zero attached hydrogens (tertiary/aromatic N) is 2. The van der Waals surface area contributed by atoms with E-state index in [1.165, 1.54) is 82.6 Å². The van der Waals surface area contributed by atoms with Crippen molar-refractivity contribution >= 4 is 49.6 Å². The summed E-state index contributed by atoms with van der Waals surface area (Å²) in [6.07, 6.45) is 0. The molecule has 0 bridgehead atoms. The first-order chi connectivity index (χ1) is 32.6. The van der Waals surface area contributed by atoms with Crippen LogP contribution in [0.25, 0.3) is 82.8 Å². The Morgan fingerprint density at radius 2 is 0.818 bits per heavy atom. The maximum absolute atomic E-state index is 2.43. The van der Waals surface area contributed by atoms with Crippen LogP contribution >= 0.6 is 0 Å². The van der Waals surface area contributed by atoms with Gasteiger partial charge in [0.2, 0.25) is 0 Å². The quantitative estimate of drug-likeness (QED) is 0.148. The predicted molar refractivity (Wildman–Crippen MR) is 287 cm³/mol. The Morgan fingerprint density at radius 3 is 1.42 bits per heavy atom. The first-order valence-electron chi connectivity index (χ1n) is 23.4. The molecule has 322 valence electrons. The van der Waals surface area contributed by atoms with Crippen LogP contribution in [-0.4, -0.2) is 4.57 Å².